The highest BCUT2D eigenvalue weighted by atomic mass is 32.1. The number of nitrogens with one attached hydrogen (secondary N) is 1. The zero-order valence-corrected chi connectivity index (χ0v) is 12.5. The van der Waals surface area contributed by atoms with Crippen molar-refractivity contribution in [2.75, 3.05) is 5.32 Å². The van der Waals surface area contributed by atoms with Crippen LogP contribution in [0.1, 0.15) is 22.8 Å². The number of halogens is 2. The van der Waals surface area contributed by atoms with E-state index in [1.807, 2.05) is 25.1 Å². The first-order valence-corrected chi connectivity index (χ1v) is 7.55. The molecule has 6 heteroatoms. The van der Waals surface area contributed by atoms with Crippen LogP contribution in [0.15, 0.2) is 36.4 Å². The third kappa shape index (κ3) is 2.57. The molecule has 0 saturated carbocycles. The van der Waals surface area contributed by atoms with Crippen molar-refractivity contribution in [2.24, 2.45) is 0 Å². The fourth-order valence-corrected chi connectivity index (χ4v) is 3.13. The number of para-hydroxylation sites is 1. The molecule has 1 heterocycles. The minimum absolute atomic E-state index is 0.323. The fourth-order valence-electron chi connectivity index (χ4n) is 2.22. The number of benzene rings is 2. The van der Waals surface area contributed by atoms with Gasteiger partial charge in [0.2, 0.25) is 0 Å². The number of hydrogen-bond acceptors (Lipinski definition) is 3. The Morgan fingerprint density at radius 2 is 1.86 bits per heavy atom. The van der Waals surface area contributed by atoms with Crippen molar-refractivity contribution >= 4 is 32.6 Å². The molecule has 0 fully saturated rings. The zero-order valence-electron chi connectivity index (χ0n) is 11.7. The van der Waals surface area contributed by atoms with Crippen LogP contribution >= 0.6 is 11.3 Å². The Morgan fingerprint density at radius 1 is 1.18 bits per heavy atom. The van der Waals surface area contributed by atoms with Crippen molar-refractivity contribution in [3.8, 4) is 0 Å². The summed E-state index contributed by atoms with van der Waals surface area (Å²) in [7, 11) is 0. The number of fused-ring (bicyclic) bond motifs is 1. The Balaban J connectivity index is 1.95. The number of rotatable bonds is 3. The van der Waals surface area contributed by atoms with Crippen molar-refractivity contribution in [2.45, 2.75) is 13.3 Å². The molecule has 22 heavy (non-hydrogen) atoms. The van der Waals surface area contributed by atoms with E-state index < -0.39 is 23.1 Å². The molecule has 1 N–H and O–H groups in total. The molecule has 112 valence electrons. The number of carbonyl (C=O) groups is 1. The van der Waals surface area contributed by atoms with Gasteiger partial charge in [0.05, 0.1) is 10.2 Å². The average molecular weight is 318 g/mol. The average Bonchev–Trinajstić information content (AvgIpc) is 2.89. The van der Waals surface area contributed by atoms with Crippen molar-refractivity contribution in [3.63, 3.8) is 0 Å². The molecule has 0 spiro atoms. The van der Waals surface area contributed by atoms with Crippen LogP contribution in [0.2, 0.25) is 0 Å². The second kappa shape index (κ2) is 5.81. The Morgan fingerprint density at radius 3 is 2.55 bits per heavy atom. The van der Waals surface area contributed by atoms with E-state index in [4.69, 9.17) is 0 Å². The maximum atomic E-state index is 13.6. The molecule has 0 aliphatic rings. The van der Waals surface area contributed by atoms with Gasteiger partial charge >= 0.3 is 0 Å². The van der Waals surface area contributed by atoms with E-state index in [2.05, 4.69) is 10.3 Å². The molecular weight excluding hydrogens is 306 g/mol. The second-order valence-electron chi connectivity index (χ2n) is 4.69. The molecule has 0 saturated heterocycles. The van der Waals surface area contributed by atoms with Crippen LogP contribution in [0.25, 0.3) is 10.2 Å². The lowest BCUT2D eigenvalue weighted by atomic mass is 10.1. The number of carbonyl (C=O) groups excluding carboxylic acids is 1. The normalized spacial score (nSPS) is 10.9. The molecule has 0 unspecified atom stereocenters. The molecule has 3 nitrogen and oxygen atoms in total. The summed E-state index contributed by atoms with van der Waals surface area (Å²) < 4.78 is 28.1. The quantitative estimate of drug-likeness (QED) is 0.778. The Kier molecular flexibility index (Phi) is 3.85. The van der Waals surface area contributed by atoms with Crippen molar-refractivity contribution in [1.82, 2.24) is 4.98 Å². The van der Waals surface area contributed by atoms with Gasteiger partial charge in [-0.1, -0.05) is 36.5 Å². The van der Waals surface area contributed by atoms with Crippen LogP contribution in [-0.2, 0) is 6.42 Å². The van der Waals surface area contributed by atoms with Gasteiger partial charge < -0.3 is 0 Å². The van der Waals surface area contributed by atoms with Gasteiger partial charge in [-0.25, -0.2) is 13.8 Å². The summed E-state index contributed by atoms with van der Waals surface area (Å²) in [6.07, 6.45) is 0.816. The van der Waals surface area contributed by atoms with Crippen molar-refractivity contribution in [3.05, 3.63) is 59.2 Å². The van der Waals surface area contributed by atoms with Gasteiger partial charge in [0.25, 0.3) is 5.91 Å². The zero-order chi connectivity index (χ0) is 15.7. The monoisotopic (exact) mass is 318 g/mol. The predicted molar refractivity (Wildman–Crippen MR) is 83.3 cm³/mol. The van der Waals surface area contributed by atoms with Crippen LogP contribution in [0, 0.1) is 11.6 Å². The Bertz CT molecular complexity index is 840. The summed E-state index contributed by atoms with van der Waals surface area (Å²) in [5.74, 6) is -2.63. The van der Waals surface area contributed by atoms with Crippen LogP contribution in [0.3, 0.4) is 0 Å². The van der Waals surface area contributed by atoms with Gasteiger partial charge in [-0.2, -0.15) is 0 Å². The van der Waals surface area contributed by atoms with E-state index >= 15 is 0 Å². The van der Waals surface area contributed by atoms with Gasteiger partial charge in [0.1, 0.15) is 17.2 Å². The lowest BCUT2D eigenvalue weighted by molar-refractivity contribution is 0.101. The summed E-state index contributed by atoms with van der Waals surface area (Å²) in [5.41, 5.74) is 1.27. The maximum Gasteiger partial charge on any atom is 0.263 e. The molecule has 3 aromatic rings. The van der Waals surface area contributed by atoms with Gasteiger partial charge in [-0.15, -0.1) is 0 Å². The third-order valence-corrected chi connectivity index (χ3v) is 4.23. The van der Waals surface area contributed by atoms with E-state index in [1.54, 1.807) is 0 Å². The topological polar surface area (TPSA) is 42.0 Å². The van der Waals surface area contributed by atoms with E-state index in [1.165, 1.54) is 17.4 Å². The van der Waals surface area contributed by atoms with E-state index in [0.29, 0.717) is 5.13 Å². The number of anilines is 1. The number of thiazole rings is 1. The highest BCUT2D eigenvalue weighted by molar-refractivity contribution is 7.22. The summed E-state index contributed by atoms with van der Waals surface area (Å²) >= 11 is 1.27. The molecule has 1 amide bonds. The smallest absolute Gasteiger partial charge is 0.263 e. The number of hydrogen-bond donors (Lipinski definition) is 1. The van der Waals surface area contributed by atoms with E-state index in [0.717, 1.165) is 34.3 Å². The molecule has 0 bridgehead atoms. The van der Waals surface area contributed by atoms with Gasteiger partial charge in [0.15, 0.2) is 5.13 Å². The second-order valence-corrected chi connectivity index (χ2v) is 5.72. The third-order valence-electron chi connectivity index (χ3n) is 3.29. The first-order chi connectivity index (χ1) is 10.6. The standard InChI is InChI=1S/C16H12F2N2OS/c1-2-9-5-3-8-12-14(9)19-16(22-12)20-15(21)13-10(17)6-4-7-11(13)18/h3-8H,2H2,1H3,(H,19,20,21). The first kappa shape index (κ1) is 14.6. The van der Waals surface area contributed by atoms with Gasteiger partial charge in [0, 0.05) is 0 Å². The lowest BCUT2D eigenvalue weighted by Crippen LogP contribution is -2.15. The molecule has 2 aromatic carbocycles. The molecule has 0 aliphatic heterocycles. The highest BCUT2D eigenvalue weighted by Gasteiger charge is 2.18. The van der Waals surface area contributed by atoms with Crippen molar-refractivity contribution in [1.29, 1.82) is 0 Å². The fraction of sp³-hybridized carbons (Fsp3) is 0.125. The van der Waals surface area contributed by atoms with Crippen molar-refractivity contribution < 1.29 is 13.6 Å². The number of amides is 1. The molecule has 0 aliphatic carbocycles. The summed E-state index contributed by atoms with van der Waals surface area (Å²) in [6, 6.07) is 9.08. The first-order valence-electron chi connectivity index (χ1n) is 6.74. The Labute approximate surface area is 129 Å². The number of aryl methyl sites for hydroxylation is 1. The predicted octanol–water partition coefficient (Wildman–Crippen LogP) is 4.39. The van der Waals surface area contributed by atoms with Crippen LogP contribution in [-0.4, -0.2) is 10.9 Å². The minimum atomic E-state index is -0.896. The number of nitrogens with zero attached hydrogens (tertiary/aromatic N) is 1. The highest BCUT2D eigenvalue weighted by Crippen LogP contribution is 2.29. The minimum Gasteiger partial charge on any atom is -0.298 e. The maximum absolute atomic E-state index is 13.6. The number of aromatic nitrogens is 1. The molecule has 3 rings (SSSR count). The summed E-state index contributed by atoms with van der Waals surface area (Å²) in [5, 5.41) is 2.79. The molecular formula is C16H12F2N2OS. The van der Waals surface area contributed by atoms with Crippen LogP contribution in [0.4, 0.5) is 13.9 Å². The molecule has 1 aromatic heterocycles. The van der Waals surface area contributed by atoms with E-state index in [9.17, 15) is 13.6 Å². The van der Waals surface area contributed by atoms with Gasteiger partial charge in [-0.05, 0) is 30.2 Å². The lowest BCUT2D eigenvalue weighted by Gasteiger charge is -2.03. The largest absolute Gasteiger partial charge is 0.298 e. The Hall–Kier alpha value is -2.34. The summed E-state index contributed by atoms with van der Waals surface area (Å²) in [4.78, 5) is 16.4. The molecule has 0 atom stereocenters. The van der Waals surface area contributed by atoms with Gasteiger partial charge in [-0.3, -0.25) is 10.1 Å². The van der Waals surface area contributed by atoms with Crippen LogP contribution < -0.4 is 5.32 Å². The summed E-state index contributed by atoms with van der Waals surface area (Å²) in [6.45, 7) is 2.01. The van der Waals surface area contributed by atoms with E-state index in [-0.39, 0.29) is 0 Å². The van der Waals surface area contributed by atoms with Crippen LogP contribution in [0.5, 0.6) is 0 Å². The molecule has 0 radical (unpaired) electrons. The SMILES string of the molecule is CCc1cccc2sc(NC(=O)c3c(F)cccc3F)nc12.